The van der Waals surface area contributed by atoms with E-state index >= 15 is 0 Å². The summed E-state index contributed by atoms with van der Waals surface area (Å²) in [6.45, 7) is 0. The lowest BCUT2D eigenvalue weighted by Crippen LogP contribution is -2.46. The van der Waals surface area contributed by atoms with Gasteiger partial charge in [0.05, 0.1) is 5.60 Å². The fraction of sp³-hybridized carbons (Fsp3) is 1.00. The largest absolute Gasteiger partial charge is 0.389 e. The van der Waals surface area contributed by atoms with E-state index in [9.17, 15) is 5.11 Å². The number of aliphatic hydroxyl groups is 1. The summed E-state index contributed by atoms with van der Waals surface area (Å²) in [5, 5.41) is 12.1. The molecule has 1 heteroatoms. The van der Waals surface area contributed by atoms with Crippen LogP contribution in [0.4, 0.5) is 0 Å². The van der Waals surface area contributed by atoms with E-state index < -0.39 is 0 Å². The quantitative estimate of drug-likeness (QED) is 0.719. The maximum atomic E-state index is 12.1. The number of hydrogen-bond acceptors (Lipinski definition) is 1. The van der Waals surface area contributed by atoms with Crippen LogP contribution < -0.4 is 0 Å². The van der Waals surface area contributed by atoms with E-state index in [2.05, 4.69) is 0 Å². The second kappa shape index (κ2) is 2.06. The predicted molar refractivity (Wildman–Crippen MR) is 73.5 cm³/mol. The van der Waals surface area contributed by atoms with Gasteiger partial charge in [-0.2, -0.15) is 0 Å². The van der Waals surface area contributed by atoms with Crippen LogP contribution in [0.3, 0.4) is 0 Å². The van der Waals surface area contributed by atoms with Crippen molar-refractivity contribution in [3.8, 4) is 0 Å². The van der Waals surface area contributed by atoms with Crippen LogP contribution in [0, 0.1) is 101 Å². The average Bonchev–Trinajstić information content (AvgIpc) is 3.11. The first kappa shape index (κ1) is 9.30. The molecule has 4 unspecified atom stereocenters. The molecule has 21 heavy (non-hydrogen) atoms. The van der Waals surface area contributed by atoms with Crippen LogP contribution >= 0.6 is 0 Å². The zero-order valence-electron chi connectivity index (χ0n) is 12.2. The molecule has 10 aliphatic carbocycles. The summed E-state index contributed by atoms with van der Waals surface area (Å²) in [4.78, 5) is 0. The normalized spacial score (nSPS) is 99.0. The molecule has 0 radical (unpaired) electrons. The van der Waals surface area contributed by atoms with E-state index in [1.54, 1.807) is 0 Å². The minimum absolute atomic E-state index is 0.136. The SMILES string of the molecule is OC12C3[C@@H]4[C@@H]5[C@H]6C7C([C@H]8C[C@@H]1[C@H]1[C@@H]3[C@H]5[C@H]7[C@H]18)[C@@H]1C[C@@H]2[C@@H]4[C@H]61. The van der Waals surface area contributed by atoms with Crippen molar-refractivity contribution in [3.63, 3.8) is 0 Å². The number of fused-ring (bicyclic) bond motifs is 4. The minimum atomic E-state index is -0.136. The van der Waals surface area contributed by atoms with Gasteiger partial charge in [0.25, 0.3) is 0 Å². The van der Waals surface area contributed by atoms with Gasteiger partial charge in [-0.25, -0.2) is 0 Å². The zero-order valence-corrected chi connectivity index (χ0v) is 12.2. The van der Waals surface area contributed by atoms with Crippen molar-refractivity contribution in [3.05, 3.63) is 0 Å². The molecule has 0 spiro atoms. The van der Waals surface area contributed by atoms with Crippen LogP contribution in [0.15, 0.2) is 0 Å². The Hall–Kier alpha value is -0.0400. The maximum Gasteiger partial charge on any atom is 0.0743 e. The van der Waals surface area contributed by atoms with Gasteiger partial charge in [0.1, 0.15) is 0 Å². The van der Waals surface area contributed by atoms with E-state index in [-0.39, 0.29) is 5.60 Å². The van der Waals surface area contributed by atoms with E-state index in [0.717, 1.165) is 76.9 Å². The second-order valence-corrected chi connectivity index (χ2v) is 11.4. The summed E-state index contributed by atoms with van der Waals surface area (Å²) in [7, 11) is 0. The molecule has 10 rings (SSSR count). The Balaban J connectivity index is 1.50. The van der Waals surface area contributed by atoms with Crippen LogP contribution in [0.1, 0.15) is 12.8 Å². The van der Waals surface area contributed by atoms with Crippen molar-refractivity contribution in [1.82, 2.24) is 0 Å². The molecule has 10 aliphatic rings. The Kier molecular flexibility index (Phi) is 0.914. The van der Waals surface area contributed by atoms with Crippen LogP contribution in [0.2, 0.25) is 0 Å². The third-order valence-electron chi connectivity index (χ3n) is 12.7. The molecule has 0 bridgehead atoms. The molecule has 0 aromatic rings. The minimum Gasteiger partial charge on any atom is -0.389 e. The summed E-state index contributed by atoms with van der Waals surface area (Å²) in [5.74, 6) is 18.0. The Morgan fingerprint density at radius 1 is 0.524 bits per heavy atom. The fourth-order valence-corrected chi connectivity index (χ4v) is 14.1. The Morgan fingerprint density at radius 2 is 1.00 bits per heavy atom. The van der Waals surface area contributed by atoms with Gasteiger partial charge < -0.3 is 5.11 Å². The topological polar surface area (TPSA) is 20.2 Å². The molecule has 0 amide bonds. The Bertz CT molecular complexity index is 635. The highest BCUT2D eigenvalue weighted by Crippen LogP contribution is 2.97. The monoisotopic (exact) mass is 278 g/mol. The fourth-order valence-electron chi connectivity index (χ4n) is 14.1. The van der Waals surface area contributed by atoms with Gasteiger partial charge in [0.2, 0.25) is 0 Å². The van der Waals surface area contributed by atoms with Gasteiger partial charge in [0, 0.05) is 0 Å². The Morgan fingerprint density at radius 3 is 1.57 bits per heavy atom. The van der Waals surface area contributed by atoms with E-state index in [4.69, 9.17) is 0 Å². The van der Waals surface area contributed by atoms with E-state index in [1.165, 1.54) is 36.5 Å². The molecule has 0 aliphatic heterocycles. The maximum absolute atomic E-state index is 12.1. The third kappa shape index (κ3) is 0.496. The molecule has 1 N–H and O–H groups in total. The second-order valence-electron chi connectivity index (χ2n) is 11.4. The third-order valence-corrected chi connectivity index (χ3v) is 12.7. The molecule has 0 aromatic heterocycles. The van der Waals surface area contributed by atoms with E-state index in [0.29, 0.717) is 0 Å². The standard InChI is InChI=1S/C20H22O/c21-20-5-1-3-7-4-2-6(20)11-9(4)14-12(7)13-8(3)10(5)17-15(13)16(14)18(11)19(17)20/h3-19,21H,1-2H2/t3-,4+,5-,6-,7?,8+,9-,10-,11-,12?,13+,14-,15+,16-,17-,18+,19?,20?/m1/s1. The lowest BCUT2D eigenvalue weighted by Gasteiger charge is -2.41. The number of rotatable bonds is 0. The molecule has 18 atom stereocenters. The molecule has 10 fully saturated rings. The van der Waals surface area contributed by atoms with Crippen LogP contribution in [0.5, 0.6) is 0 Å². The molecular weight excluding hydrogens is 256 g/mol. The van der Waals surface area contributed by atoms with Crippen molar-refractivity contribution in [2.45, 2.75) is 18.4 Å². The van der Waals surface area contributed by atoms with E-state index in [1.807, 2.05) is 0 Å². The predicted octanol–water partition coefficient (Wildman–Crippen LogP) is 2.11. The van der Waals surface area contributed by atoms with Gasteiger partial charge in [0.15, 0.2) is 0 Å². The summed E-state index contributed by atoms with van der Waals surface area (Å²) in [6.07, 6.45) is 2.97. The first-order valence-corrected chi connectivity index (χ1v) is 10.1. The van der Waals surface area contributed by atoms with Crippen molar-refractivity contribution >= 4 is 0 Å². The Labute approximate surface area is 124 Å². The zero-order chi connectivity index (χ0) is 12.7. The molecule has 1 nitrogen and oxygen atoms in total. The van der Waals surface area contributed by atoms with Crippen molar-refractivity contribution in [2.75, 3.05) is 0 Å². The van der Waals surface area contributed by atoms with Gasteiger partial charge in [-0.05, 0) is 113 Å². The first-order chi connectivity index (χ1) is 10.3. The summed E-state index contributed by atoms with van der Waals surface area (Å²) in [5.41, 5.74) is -0.136. The first-order valence-electron chi connectivity index (χ1n) is 10.1. The summed E-state index contributed by atoms with van der Waals surface area (Å²) < 4.78 is 0. The molecule has 0 heterocycles. The summed E-state index contributed by atoms with van der Waals surface area (Å²) >= 11 is 0. The highest BCUT2D eigenvalue weighted by atomic mass is 16.3. The number of hydrogen-bond donors (Lipinski definition) is 1. The molecular formula is C20H22O. The molecule has 0 aromatic carbocycles. The van der Waals surface area contributed by atoms with Gasteiger partial charge in [-0.3, -0.25) is 0 Å². The van der Waals surface area contributed by atoms with Crippen LogP contribution in [-0.2, 0) is 0 Å². The highest BCUT2D eigenvalue weighted by molar-refractivity contribution is 5.42. The van der Waals surface area contributed by atoms with Crippen LogP contribution in [0.25, 0.3) is 0 Å². The van der Waals surface area contributed by atoms with Crippen molar-refractivity contribution in [2.24, 2.45) is 101 Å². The lowest BCUT2D eigenvalue weighted by atomic mass is 9.68. The van der Waals surface area contributed by atoms with Gasteiger partial charge in [-0.1, -0.05) is 0 Å². The van der Waals surface area contributed by atoms with Crippen molar-refractivity contribution in [1.29, 1.82) is 0 Å². The molecule has 10 saturated carbocycles. The van der Waals surface area contributed by atoms with Gasteiger partial charge in [-0.15, -0.1) is 0 Å². The smallest absolute Gasteiger partial charge is 0.0743 e. The summed E-state index contributed by atoms with van der Waals surface area (Å²) in [6, 6.07) is 0. The van der Waals surface area contributed by atoms with Crippen LogP contribution in [-0.4, -0.2) is 10.7 Å². The van der Waals surface area contributed by atoms with Crippen molar-refractivity contribution < 1.29 is 5.11 Å². The average molecular weight is 278 g/mol. The molecule has 0 saturated heterocycles. The lowest BCUT2D eigenvalue weighted by molar-refractivity contribution is -0.0840. The molecule has 108 valence electrons. The van der Waals surface area contributed by atoms with Gasteiger partial charge >= 0.3 is 0 Å². The highest BCUT2D eigenvalue weighted by Gasteiger charge is 2.95.